The van der Waals surface area contributed by atoms with Crippen LogP contribution in [0.2, 0.25) is 0 Å². The number of hydrogen-bond donors (Lipinski definition) is 3. The highest BCUT2D eigenvalue weighted by Gasteiger charge is 2.41. The molecule has 2 aliphatic rings. The van der Waals surface area contributed by atoms with Crippen LogP contribution in [0.3, 0.4) is 0 Å². The van der Waals surface area contributed by atoms with Gasteiger partial charge in [0, 0.05) is 17.6 Å². The lowest BCUT2D eigenvalue weighted by atomic mass is 9.71. The summed E-state index contributed by atoms with van der Waals surface area (Å²) in [5.41, 5.74) is 0.565. The fourth-order valence-electron chi connectivity index (χ4n) is 5.30. The summed E-state index contributed by atoms with van der Waals surface area (Å²) in [6.45, 7) is 5.78. The minimum atomic E-state index is -1.54. The molecule has 0 saturated carbocycles. The Morgan fingerprint density at radius 2 is 1.97 bits per heavy atom. The molecule has 1 amide bonds. The number of carbonyl (C=O) groups is 2. The lowest BCUT2D eigenvalue weighted by Gasteiger charge is -2.37. The van der Waals surface area contributed by atoms with Crippen LogP contribution in [0, 0.1) is 18.7 Å². The molecule has 3 atom stereocenters. The van der Waals surface area contributed by atoms with E-state index >= 15 is 0 Å². The van der Waals surface area contributed by atoms with Crippen molar-refractivity contribution in [3.8, 4) is 5.75 Å². The van der Waals surface area contributed by atoms with Crippen molar-refractivity contribution in [3.63, 3.8) is 0 Å². The number of aromatic hydroxyl groups is 1. The number of hydrogen-bond acceptors (Lipinski definition) is 5. The van der Waals surface area contributed by atoms with Crippen LogP contribution in [-0.4, -0.2) is 40.2 Å². The molecule has 1 aliphatic carbocycles. The fraction of sp³-hybridized carbons (Fsp3) is 0.379. The van der Waals surface area contributed by atoms with E-state index in [1.165, 1.54) is 18.2 Å². The third kappa shape index (κ3) is 5.51. The molecule has 3 unspecified atom stereocenters. The number of ketones is 1. The summed E-state index contributed by atoms with van der Waals surface area (Å²) in [5, 5.41) is 25.1. The molecule has 2 aromatic carbocycles. The van der Waals surface area contributed by atoms with Gasteiger partial charge in [0.15, 0.2) is 5.78 Å². The quantitative estimate of drug-likeness (QED) is 0.516. The average molecular weight is 494 g/mol. The van der Waals surface area contributed by atoms with Gasteiger partial charge in [-0.25, -0.2) is 4.39 Å². The molecule has 6 nitrogen and oxygen atoms in total. The van der Waals surface area contributed by atoms with Gasteiger partial charge < -0.3 is 20.3 Å². The Balaban J connectivity index is 1.58. The molecule has 1 heterocycles. The highest BCUT2D eigenvalue weighted by atomic mass is 19.1. The first-order valence-electron chi connectivity index (χ1n) is 12.1. The van der Waals surface area contributed by atoms with Gasteiger partial charge >= 0.3 is 0 Å². The topological polar surface area (TPSA) is 95.9 Å². The summed E-state index contributed by atoms with van der Waals surface area (Å²) < 4.78 is 19.3. The van der Waals surface area contributed by atoms with Crippen LogP contribution in [0.25, 0.3) is 0 Å². The minimum Gasteiger partial charge on any atom is -0.508 e. The van der Waals surface area contributed by atoms with Crippen molar-refractivity contribution in [3.05, 3.63) is 89.0 Å². The molecule has 4 rings (SSSR count). The van der Waals surface area contributed by atoms with Gasteiger partial charge in [-0.2, -0.15) is 0 Å². The average Bonchev–Trinajstić information content (AvgIpc) is 3.28. The number of amides is 1. The maximum atomic E-state index is 14.0. The van der Waals surface area contributed by atoms with Crippen LogP contribution in [0.15, 0.2) is 66.5 Å². The Morgan fingerprint density at radius 3 is 2.72 bits per heavy atom. The van der Waals surface area contributed by atoms with Crippen molar-refractivity contribution in [1.82, 2.24) is 5.32 Å². The largest absolute Gasteiger partial charge is 0.508 e. The number of Topliss-reactive ketones (excluding diaryl/α,β-unsaturated/α-hetero) is 1. The van der Waals surface area contributed by atoms with E-state index in [4.69, 9.17) is 4.74 Å². The van der Waals surface area contributed by atoms with E-state index in [1.807, 2.05) is 31.2 Å². The summed E-state index contributed by atoms with van der Waals surface area (Å²) in [4.78, 5) is 26.0. The van der Waals surface area contributed by atoms with E-state index < -0.39 is 34.7 Å². The van der Waals surface area contributed by atoms with Crippen LogP contribution in [0.5, 0.6) is 5.75 Å². The Morgan fingerprint density at radius 1 is 1.22 bits per heavy atom. The zero-order chi connectivity index (χ0) is 26.1. The molecule has 0 aromatic heterocycles. The van der Waals surface area contributed by atoms with Crippen molar-refractivity contribution in [2.75, 3.05) is 6.61 Å². The predicted octanol–water partition coefficient (Wildman–Crippen LogP) is 4.03. The van der Waals surface area contributed by atoms with Crippen LogP contribution in [0.4, 0.5) is 4.39 Å². The number of halogens is 1. The number of aryl methyl sites for hydroxylation is 1. The lowest BCUT2D eigenvalue weighted by Crippen LogP contribution is -2.48. The highest BCUT2D eigenvalue weighted by Crippen LogP contribution is 2.40. The number of carbonyl (C=O) groups excluding carboxylic acids is 2. The number of benzene rings is 2. The van der Waals surface area contributed by atoms with Gasteiger partial charge in [-0.1, -0.05) is 50.3 Å². The van der Waals surface area contributed by atoms with Crippen molar-refractivity contribution in [2.45, 2.75) is 57.1 Å². The van der Waals surface area contributed by atoms with E-state index in [2.05, 4.69) is 5.32 Å². The number of aliphatic hydroxyl groups is 1. The van der Waals surface area contributed by atoms with E-state index in [-0.39, 0.29) is 37.4 Å². The zero-order valence-electron chi connectivity index (χ0n) is 20.8. The monoisotopic (exact) mass is 493 g/mol. The van der Waals surface area contributed by atoms with E-state index in [1.54, 1.807) is 32.3 Å². The molecular weight excluding hydrogens is 461 g/mol. The van der Waals surface area contributed by atoms with Gasteiger partial charge in [-0.05, 0) is 48.1 Å². The normalized spacial score (nSPS) is 20.8. The van der Waals surface area contributed by atoms with Gasteiger partial charge in [-0.3, -0.25) is 9.59 Å². The second-order valence-electron chi connectivity index (χ2n) is 10.5. The number of nitrogens with one attached hydrogen (secondary N) is 1. The molecule has 0 spiro atoms. The Labute approximate surface area is 210 Å². The Hall–Kier alpha value is -3.45. The third-order valence-electron chi connectivity index (χ3n) is 7.06. The van der Waals surface area contributed by atoms with E-state index in [0.717, 1.165) is 16.7 Å². The summed E-state index contributed by atoms with van der Waals surface area (Å²) in [6, 6.07) is 10.5. The molecular formula is C29H32FNO5. The summed E-state index contributed by atoms with van der Waals surface area (Å²) >= 11 is 0. The van der Waals surface area contributed by atoms with Crippen molar-refractivity contribution < 1.29 is 28.9 Å². The van der Waals surface area contributed by atoms with Crippen LogP contribution in [-0.2, 0) is 26.2 Å². The maximum Gasteiger partial charge on any atom is 0.223 e. The first-order chi connectivity index (χ1) is 17.0. The van der Waals surface area contributed by atoms with Gasteiger partial charge in [0.05, 0.1) is 24.2 Å². The molecule has 7 heteroatoms. The Bertz CT molecular complexity index is 1230. The number of fused-ring (bicyclic) bond motifs is 1. The third-order valence-corrected chi connectivity index (χ3v) is 7.06. The molecule has 2 aromatic rings. The molecule has 0 radical (unpaired) electrons. The standard InChI is InChI=1S/C29H32FNO5/c1-18-6-4-5-7-19(18)13-29(35,17-28(2,3)23-12-21(30)9-11-25(23)32)14-26(33)31-24-10-8-20-15-36-16-22(20)27(24)34/h4-12,15,22,24,32,35H,13-14,16-17H2,1-3H3,(H,31,33). The van der Waals surface area contributed by atoms with Gasteiger partial charge in [0.1, 0.15) is 24.2 Å². The molecule has 0 bridgehead atoms. The fourth-order valence-corrected chi connectivity index (χ4v) is 5.30. The Kier molecular flexibility index (Phi) is 7.05. The van der Waals surface area contributed by atoms with E-state index in [0.29, 0.717) is 5.56 Å². The number of phenols is 1. The molecule has 36 heavy (non-hydrogen) atoms. The van der Waals surface area contributed by atoms with Crippen molar-refractivity contribution in [1.29, 1.82) is 0 Å². The first-order valence-corrected chi connectivity index (χ1v) is 12.1. The molecule has 0 saturated heterocycles. The van der Waals surface area contributed by atoms with Crippen LogP contribution >= 0.6 is 0 Å². The zero-order valence-corrected chi connectivity index (χ0v) is 20.8. The number of allylic oxidation sites excluding steroid dienone is 1. The highest BCUT2D eigenvalue weighted by molar-refractivity contribution is 5.96. The summed E-state index contributed by atoms with van der Waals surface area (Å²) in [6.07, 6.45) is 4.93. The predicted molar refractivity (Wildman–Crippen MR) is 134 cm³/mol. The number of ether oxygens (including phenoxy) is 1. The van der Waals surface area contributed by atoms with Gasteiger partial charge in [-0.15, -0.1) is 0 Å². The minimum absolute atomic E-state index is 0.0660. The number of rotatable bonds is 8. The molecule has 3 N–H and O–H groups in total. The summed E-state index contributed by atoms with van der Waals surface area (Å²) in [5.74, 6) is -1.60. The first kappa shape index (κ1) is 25.6. The number of phenolic OH excluding ortho intramolecular Hbond substituents is 1. The van der Waals surface area contributed by atoms with Crippen LogP contribution < -0.4 is 5.32 Å². The smallest absolute Gasteiger partial charge is 0.223 e. The van der Waals surface area contributed by atoms with Crippen LogP contribution in [0.1, 0.15) is 43.4 Å². The lowest BCUT2D eigenvalue weighted by molar-refractivity contribution is -0.132. The second-order valence-corrected chi connectivity index (χ2v) is 10.5. The van der Waals surface area contributed by atoms with E-state index in [9.17, 15) is 24.2 Å². The molecule has 0 fully saturated rings. The van der Waals surface area contributed by atoms with Crippen molar-refractivity contribution >= 4 is 11.7 Å². The van der Waals surface area contributed by atoms with Gasteiger partial charge in [0.25, 0.3) is 0 Å². The summed E-state index contributed by atoms with van der Waals surface area (Å²) in [7, 11) is 0. The molecule has 1 aliphatic heterocycles. The van der Waals surface area contributed by atoms with Gasteiger partial charge in [0.2, 0.25) is 5.91 Å². The SMILES string of the molecule is Cc1ccccc1CC(O)(CC(=O)NC1C=CC2=COCC2C1=O)CC(C)(C)c1cc(F)ccc1O. The molecule has 190 valence electrons. The van der Waals surface area contributed by atoms with Crippen molar-refractivity contribution in [2.24, 2.45) is 5.92 Å². The second kappa shape index (κ2) is 9.90. The maximum absolute atomic E-state index is 14.0.